The van der Waals surface area contributed by atoms with Crippen molar-refractivity contribution in [3.05, 3.63) is 53.1 Å². The number of Topliss-reactive ketones (excluding diaryl/α,β-unsaturated/α-hetero) is 1. The van der Waals surface area contributed by atoms with Gasteiger partial charge in [0.25, 0.3) is 0 Å². The molecule has 100 valence electrons. The van der Waals surface area contributed by atoms with Crippen LogP contribution in [0.15, 0.2) is 42.0 Å². The number of nitrogens with two attached hydrogens (primary N) is 1. The molecule has 0 radical (unpaired) electrons. The van der Waals surface area contributed by atoms with Crippen molar-refractivity contribution in [2.75, 3.05) is 13.6 Å². The number of benzene rings is 2. The van der Waals surface area contributed by atoms with Crippen molar-refractivity contribution in [1.82, 2.24) is 4.90 Å². The van der Waals surface area contributed by atoms with Crippen molar-refractivity contribution < 1.29 is 4.79 Å². The first-order valence-corrected chi connectivity index (χ1v) is 6.40. The van der Waals surface area contributed by atoms with Crippen LogP contribution in [-0.4, -0.2) is 30.2 Å². The molecule has 0 fully saturated rings. The monoisotopic (exact) mass is 265 g/mol. The van der Waals surface area contributed by atoms with Gasteiger partial charge in [-0.05, 0) is 17.0 Å². The van der Waals surface area contributed by atoms with Crippen LogP contribution in [0.5, 0.6) is 0 Å². The minimum absolute atomic E-state index is 0.0161. The van der Waals surface area contributed by atoms with Crippen LogP contribution < -0.4 is 5.73 Å². The van der Waals surface area contributed by atoms with Crippen molar-refractivity contribution >= 4 is 28.6 Å². The van der Waals surface area contributed by atoms with E-state index in [0.29, 0.717) is 12.1 Å². The second kappa shape index (κ2) is 4.49. The van der Waals surface area contributed by atoms with E-state index in [2.05, 4.69) is 0 Å². The molecule has 0 atom stereocenters. The number of nitrogens with zero attached hydrogens (tertiary/aromatic N) is 1. The van der Waals surface area contributed by atoms with Gasteiger partial charge in [0, 0.05) is 30.1 Å². The average Bonchev–Trinajstić information content (AvgIpc) is 2.44. The summed E-state index contributed by atoms with van der Waals surface area (Å²) in [4.78, 5) is 14.1. The molecule has 0 saturated heterocycles. The van der Waals surface area contributed by atoms with E-state index in [1.807, 2.05) is 42.5 Å². The van der Waals surface area contributed by atoms with Gasteiger partial charge in [0.15, 0.2) is 11.7 Å². The Kier molecular flexibility index (Phi) is 2.79. The third-order valence-electron chi connectivity index (χ3n) is 3.62. The van der Waals surface area contributed by atoms with Crippen LogP contribution in [0.4, 0.5) is 0 Å². The standard InChI is InChI=1S/C16H15N3O/c1-19(16(17)18)9-12-8-11-6-2-4-10-5-3-7-13(14(10)11)15(12)20/h2-8H,9H2,1H3,(H3,17,18). The zero-order valence-electron chi connectivity index (χ0n) is 11.2. The lowest BCUT2D eigenvalue weighted by atomic mass is 9.88. The summed E-state index contributed by atoms with van der Waals surface area (Å²) in [6.07, 6.45) is 1.90. The van der Waals surface area contributed by atoms with Gasteiger partial charge in [-0.2, -0.15) is 0 Å². The Balaban J connectivity index is 2.13. The molecule has 0 bridgehead atoms. The Morgan fingerprint density at radius 1 is 1.25 bits per heavy atom. The van der Waals surface area contributed by atoms with E-state index >= 15 is 0 Å². The van der Waals surface area contributed by atoms with E-state index in [-0.39, 0.29) is 11.7 Å². The van der Waals surface area contributed by atoms with Crippen LogP contribution in [0.25, 0.3) is 16.8 Å². The van der Waals surface area contributed by atoms with Crippen molar-refractivity contribution in [3.8, 4) is 0 Å². The van der Waals surface area contributed by atoms with Crippen LogP contribution in [0.2, 0.25) is 0 Å². The van der Waals surface area contributed by atoms with Crippen molar-refractivity contribution in [2.24, 2.45) is 5.73 Å². The maximum atomic E-state index is 12.6. The van der Waals surface area contributed by atoms with Crippen molar-refractivity contribution in [1.29, 1.82) is 5.41 Å². The molecular formula is C16H15N3O. The Morgan fingerprint density at radius 2 is 1.95 bits per heavy atom. The average molecular weight is 265 g/mol. The molecule has 0 unspecified atom stereocenters. The predicted molar refractivity (Wildman–Crippen MR) is 80.8 cm³/mol. The Hall–Kier alpha value is -2.62. The number of guanidine groups is 1. The van der Waals surface area contributed by atoms with Crippen LogP contribution in [-0.2, 0) is 0 Å². The lowest BCUT2D eigenvalue weighted by Crippen LogP contribution is -2.35. The van der Waals surface area contributed by atoms with Gasteiger partial charge in [-0.1, -0.05) is 36.4 Å². The highest BCUT2D eigenvalue weighted by atomic mass is 16.1. The lowest BCUT2D eigenvalue weighted by Gasteiger charge is -2.22. The second-order valence-electron chi connectivity index (χ2n) is 4.99. The molecule has 0 aromatic heterocycles. The van der Waals surface area contributed by atoms with Gasteiger partial charge in [-0.25, -0.2) is 0 Å². The van der Waals surface area contributed by atoms with Gasteiger partial charge < -0.3 is 10.6 Å². The molecule has 0 aliphatic heterocycles. The van der Waals surface area contributed by atoms with E-state index in [1.165, 1.54) is 0 Å². The second-order valence-corrected chi connectivity index (χ2v) is 4.99. The molecular weight excluding hydrogens is 250 g/mol. The Morgan fingerprint density at radius 3 is 2.65 bits per heavy atom. The highest BCUT2D eigenvalue weighted by Crippen LogP contribution is 2.31. The summed E-state index contributed by atoms with van der Waals surface area (Å²) in [5, 5.41) is 9.49. The zero-order valence-corrected chi connectivity index (χ0v) is 11.2. The topological polar surface area (TPSA) is 70.2 Å². The number of carbonyl (C=O) groups excluding carboxylic acids is 1. The summed E-state index contributed by atoms with van der Waals surface area (Å²) >= 11 is 0. The smallest absolute Gasteiger partial charge is 0.191 e. The number of hydrogen-bond acceptors (Lipinski definition) is 2. The number of likely N-dealkylation sites (N-methyl/N-ethyl adjacent to an activating group) is 1. The fourth-order valence-corrected chi connectivity index (χ4v) is 2.56. The normalized spacial score (nSPS) is 13.2. The predicted octanol–water partition coefficient (Wildman–Crippen LogP) is 2.24. The first kappa shape index (κ1) is 12.4. The Bertz CT molecular complexity index is 756. The number of ketones is 1. The van der Waals surface area contributed by atoms with E-state index in [1.54, 1.807) is 11.9 Å². The van der Waals surface area contributed by atoms with E-state index < -0.39 is 0 Å². The molecule has 20 heavy (non-hydrogen) atoms. The van der Waals surface area contributed by atoms with Crippen molar-refractivity contribution in [3.63, 3.8) is 0 Å². The highest BCUT2D eigenvalue weighted by Gasteiger charge is 2.22. The summed E-state index contributed by atoms with van der Waals surface area (Å²) in [5.41, 5.74) is 7.88. The molecule has 2 aromatic rings. The number of carbonyl (C=O) groups is 1. The fraction of sp³-hybridized carbons (Fsp3) is 0.125. The van der Waals surface area contributed by atoms with E-state index in [4.69, 9.17) is 11.1 Å². The largest absolute Gasteiger partial charge is 0.370 e. The molecule has 0 spiro atoms. The van der Waals surface area contributed by atoms with Crippen LogP contribution in [0, 0.1) is 5.41 Å². The lowest BCUT2D eigenvalue weighted by molar-refractivity contribution is 0.103. The van der Waals surface area contributed by atoms with Gasteiger partial charge in [-0.3, -0.25) is 10.2 Å². The molecule has 3 rings (SSSR count). The molecule has 2 aromatic carbocycles. The molecule has 0 heterocycles. The quantitative estimate of drug-likeness (QED) is 0.646. The van der Waals surface area contributed by atoms with Gasteiger partial charge in [0.05, 0.1) is 0 Å². The molecule has 4 heteroatoms. The number of rotatable bonds is 2. The first-order chi connectivity index (χ1) is 9.58. The van der Waals surface area contributed by atoms with E-state index in [0.717, 1.165) is 21.9 Å². The third kappa shape index (κ3) is 1.86. The summed E-state index contributed by atoms with van der Waals surface area (Å²) in [7, 11) is 1.71. The first-order valence-electron chi connectivity index (χ1n) is 6.40. The molecule has 0 amide bonds. The summed E-state index contributed by atoms with van der Waals surface area (Å²) in [6, 6.07) is 11.8. The number of hydrogen-bond donors (Lipinski definition) is 2. The van der Waals surface area contributed by atoms with Crippen molar-refractivity contribution in [2.45, 2.75) is 0 Å². The summed E-state index contributed by atoms with van der Waals surface area (Å²) in [5.74, 6) is -0.0295. The van der Waals surface area contributed by atoms with Gasteiger partial charge >= 0.3 is 0 Å². The van der Waals surface area contributed by atoms with Gasteiger partial charge in [-0.15, -0.1) is 0 Å². The van der Waals surface area contributed by atoms with E-state index in [9.17, 15) is 4.79 Å². The van der Waals surface area contributed by atoms with Crippen LogP contribution in [0.3, 0.4) is 0 Å². The maximum absolute atomic E-state index is 12.6. The fourth-order valence-electron chi connectivity index (χ4n) is 2.56. The molecule has 0 saturated carbocycles. The summed E-state index contributed by atoms with van der Waals surface area (Å²) in [6.45, 7) is 0.346. The SMILES string of the molecule is CN(CC1=Cc2cccc3cccc(c23)C1=O)C(=N)N. The zero-order chi connectivity index (χ0) is 14.3. The number of nitrogens with one attached hydrogen (secondary N) is 1. The maximum Gasteiger partial charge on any atom is 0.191 e. The molecule has 1 aliphatic rings. The Labute approximate surface area is 117 Å². The van der Waals surface area contributed by atoms with Gasteiger partial charge in [0.2, 0.25) is 0 Å². The molecule has 3 N–H and O–H groups in total. The highest BCUT2D eigenvalue weighted by molar-refractivity contribution is 6.23. The molecule has 1 aliphatic carbocycles. The van der Waals surface area contributed by atoms with Crippen LogP contribution >= 0.6 is 0 Å². The third-order valence-corrected chi connectivity index (χ3v) is 3.62. The van der Waals surface area contributed by atoms with Gasteiger partial charge in [0.1, 0.15) is 0 Å². The minimum Gasteiger partial charge on any atom is -0.370 e. The minimum atomic E-state index is -0.0456. The molecule has 4 nitrogen and oxygen atoms in total. The summed E-state index contributed by atoms with van der Waals surface area (Å²) < 4.78 is 0. The van der Waals surface area contributed by atoms with Crippen LogP contribution in [0.1, 0.15) is 15.9 Å².